The van der Waals surface area contributed by atoms with Gasteiger partial charge in [0, 0.05) is 13.7 Å². The summed E-state index contributed by atoms with van der Waals surface area (Å²) in [5.74, 6) is -1.86. The number of aliphatic hydroxyl groups excluding tert-OH is 1. The normalized spacial score (nSPS) is 14.2. The summed E-state index contributed by atoms with van der Waals surface area (Å²) in [5, 5.41) is 19.5. The lowest BCUT2D eigenvalue weighted by Gasteiger charge is -2.13. The van der Waals surface area contributed by atoms with E-state index in [2.05, 4.69) is 5.32 Å². The second-order valence-corrected chi connectivity index (χ2v) is 3.34. The molecule has 0 spiro atoms. The molecule has 0 saturated carbocycles. The fraction of sp³-hybridized carbons (Fsp3) is 0.778. The van der Waals surface area contributed by atoms with Gasteiger partial charge in [0.25, 0.3) is 0 Å². The molecule has 2 unspecified atom stereocenters. The predicted molar refractivity (Wildman–Crippen MR) is 55.7 cm³/mol. The number of hydrogen-bond donors (Lipinski definition) is 4. The summed E-state index contributed by atoms with van der Waals surface area (Å²) >= 11 is 0. The van der Waals surface area contributed by atoms with Crippen molar-refractivity contribution < 1.29 is 24.5 Å². The number of carboxylic acid groups (broad SMARTS) is 1. The topological polar surface area (TPSA) is 122 Å². The molecule has 0 rings (SSSR count). The monoisotopic (exact) mass is 234 g/mol. The van der Waals surface area contributed by atoms with E-state index in [0.717, 1.165) is 0 Å². The fourth-order valence-electron chi connectivity index (χ4n) is 0.994. The maximum atomic E-state index is 11.3. The standard InChI is InChI=1S/C9H18N2O5/c1-16-4-2-3-6(10)8(13)11-5-7(12)9(14)15/h6-7,12H,2-5,10H2,1H3,(H,11,13)(H,14,15). The van der Waals surface area contributed by atoms with Gasteiger partial charge in [0.15, 0.2) is 6.10 Å². The van der Waals surface area contributed by atoms with Crippen LogP contribution in [0.25, 0.3) is 0 Å². The van der Waals surface area contributed by atoms with Gasteiger partial charge >= 0.3 is 5.97 Å². The molecule has 0 aliphatic carbocycles. The lowest BCUT2D eigenvalue weighted by atomic mass is 10.1. The minimum Gasteiger partial charge on any atom is -0.479 e. The first-order valence-corrected chi connectivity index (χ1v) is 4.92. The van der Waals surface area contributed by atoms with E-state index in [9.17, 15) is 9.59 Å². The molecule has 0 fully saturated rings. The number of aliphatic hydroxyl groups is 1. The molecule has 5 N–H and O–H groups in total. The average molecular weight is 234 g/mol. The zero-order chi connectivity index (χ0) is 12.6. The van der Waals surface area contributed by atoms with Gasteiger partial charge in [0.05, 0.1) is 12.6 Å². The third-order valence-corrected chi connectivity index (χ3v) is 1.96. The molecular weight excluding hydrogens is 216 g/mol. The number of nitrogens with two attached hydrogens (primary N) is 1. The molecule has 7 nitrogen and oxygen atoms in total. The predicted octanol–water partition coefficient (Wildman–Crippen LogP) is -1.70. The molecule has 94 valence electrons. The Morgan fingerprint density at radius 3 is 2.62 bits per heavy atom. The van der Waals surface area contributed by atoms with Gasteiger partial charge in [-0.3, -0.25) is 4.79 Å². The second-order valence-electron chi connectivity index (χ2n) is 3.34. The van der Waals surface area contributed by atoms with Crippen molar-refractivity contribution in [3.63, 3.8) is 0 Å². The Balaban J connectivity index is 3.74. The number of methoxy groups -OCH3 is 1. The van der Waals surface area contributed by atoms with Crippen LogP contribution < -0.4 is 11.1 Å². The molecule has 0 saturated heterocycles. The van der Waals surface area contributed by atoms with Crippen molar-refractivity contribution in [2.75, 3.05) is 20.3 Å². The lowest BCUT2D eigenvalue weighted by molar-refractivity contribution is -0.146. The number of amides is 1. The first kappa shape index (κ1) is 14.8. The molecular formula is C9H18N2O5. The third-order valence-electron chi connectivity index (χ3n) is 1.96. The molecule has 0 radical (unpaired) electrons. The van der Waals surface area contributed by atoms with Crippen LogP contribution in [-0.2, 0) is 14.3 Å². The van der Waals surface area contributed by atoms with Crippen LogP contribution in [0.5, 0.6) is 0 Å². The summed E-state index contributed by atoms with van der Waals surface area (Å²) in [6.07, 6.45) is -0.509. The van der Waals surface area contributed by atoms with Gasteiger partial charge in [-0.25, -0.2) is 4.79 Å². The van der Waals surface area contributed by atoms with Gasteiger partial charge in [-0.1, -0.05) is 0 Å². The minimum absolute atomic E-state index is 0.341. The van der Waals surface area contributed by atoms with E-state index < -0.39 is 24.0 Å². The van der Waals surface area contributed by atoms with Crippen LogP contribution >= 0.6 is 0 Å². The Labute approximate surface area is 93.6 Å². The fourth-order valence-corrected chi connectivity index (χ4v) is 0.994. The average Bonchev–Trinajstić information content (AvgIpc) is 2.25. The van der Waals surface area contributed by atoms with E-state index in [1.807, 2.05) is 0 Å². The van der Waals surface area contributed by atoms with Gasteiger partial charge in [-0.05, 0) is 12.8 Å². The van der Waals surface area contributed by atoms with Gasteiger partial charge in [0.2, 0.25) is 5.91 Å². The summed E-state index contributed by atoms with van der Waals surface area (Å²) in [5.41, 5.74) is 5.52. The van der Waals surface area contributed by atoms with Crippen molar-refractivity contribution in [3.8, 4) is 0 Å². The Bertz CT molecular complexity index is 234. The van der Waals surface area contributed by atoms with Crippen LogP contribution in [0.15, 0.2) is 0 Å². The SMILES string of the molecule is COCCCC(N)C(=O)NCC(O)C(=O)O. The van der Waals surface area contributed by atoms with Gasteiger partial charge in [0.1, 0.15) is 0 Å². The molecule has 0 aromatic carbocycles. The number of hydrogen-bond acceptors (Lipinski definition) is 5. The highest BCUT2D eigenvalue weighted by Crippen LogP contribution is 1.95. The van der Waals surface area contributed by atoms with Crippen LogP contribution in [0.3, 0.4) is 0 Å². The molecule has 0 aromatic rings. The molecule has 16 heavy (non-hydrogen) atoms. The molecule has 0 heterocycles. The van der Waals surface area contributed by atoms with E-state index in [1.54, 1.807) is 7.11 Å². The van der Waals surface area contributed by atoms with Crippen molar-refractivity contribution in [3.05, 3.63) is 0 Å². The van der Waals surface area contributed by atoms with Crippen LogP contribution in [0.2, 0.25) is 0 Å². The van der Waals surface area contributed by atoms with Gasteiger partial charge in [-0.15, -0.1) is 0 Å². The molecule has 1 amide bonds. The van der Waals surface area contributed by atoms with Gasteiger partial charge in [-0.2, -0.15) is 0 Å². The summed E-state index contributed by atoms with van der Waals surface area (Å²) in [4.78, 5) is 21.5. The summed E-state index contributed by atoms with van der Waals surface area (Å²) < 4.78 is 4.80. The van der Waals surface area contributed by atoms with Crippen LogP contribution in [0, 0.1) is 0 Å². The molecule has 0 aromatic heterocycles. The number of nitrogens with one attached hydrogen (secondary N) is 1. The van der Waals surface area contributed by atoms with Crippen LogP contribution in [0.1, 0.15) is 12.8 Å². The zero-order valence-corrected chi connectivity index (χ0v) is 9.18. The van der Waals surface area contributed by atoms with Crippen molar-refractivity contribution in [2.45, 2.75) is 25.0 Å². The van der Waals surface area contributed by atoms with Crippen molar-refractivity contribution in [1.82, 2.24) is 5.32 Å². The number of carbonyl (C=O) groups is 2. The first-order valence-electron chi connectivity index (χ1n) is 4.92. The second kappa shape index (κ2) is 8.03. The highest BCUT2D eigenvalue weighted by atomic mass is 16.5. The summed E-state index contributed by atoms with van der Waals surface area (Å²) in [6, 6.07) is -0.712. The van der Waals surface area contributed by atoms with Crippen LogP contribution in [0.4, 0.5) is 0 Å². The minimum atomic E-state index is -1.60. The van der Waals surface area contributed by atoms with Crippen molar-refractivity contribution in [2.24, 2.45) is 5.73 Å². The van der Waals surface area contributed by atoms with E-state index in [-0.39, 0.29) is 6.54 Å². The molecule has 0 aliphatic heterocycles. The zero-order valence-electron chi connectivity index (χ0n) is 9.18. The maximum absolute atomic E-state index is 11.3. The first-order chi connectivity index (χ1) is 7.49. The number of ether oxygens (including phenoxy) is 1. The Morgan fingerprint density at radius 2 is 2.12 bits per heavy atom. The third kappa shape index (κ3) is 6.33. The van der Waals surface area contributed by atoms with Crippen molar-refractivity contribution in [1.29, 1.82) is 0 Å². The molecule has 0 bridgehead atoms. The van der Waals surface area contributed by atoms with Gasteiger partial charge < -0.3 is 26.0 Å². The molecule has 0 aliphatic rings. The van der Waals surface area contributed by atoms with Crippen LogP contribution in [-0.4, -0.2) is 54.5 Å². The van der Waals surface area contributed by atoms with Crippen molar-refractivity contribution >= 4 is 11.9 Å². The lowest BCUT2D eigenvalue weighted by Crippen LogP contribution is -2.45. The number of carbonyl (C=O) groups excluding carboxylic acids is 1. The number of carboxylic acids is 1. The highest BCUT2D eigenvalue weighted by molar-refractivity contribution is 5.82. The molecule has 7 heteroatoms. The quantitative estimate of drug-likeness (QED) is 0.371. The summed E-state index contributed by atoms with van der Waals surface area (Å²) in [7, 11) is 1.55. The Hall–Kier alpha value is -1.18. The number of rotatable bonds is 8. The highest BCUT2D eigenvalue weighted by Gasteiger charge is 2.17. The summed E-state index contributed by atoms with van der Waals surface area (Å²) in [6.45, 7) is 0.172. The van der Waals surface area contributed by atoms with E-state index in [0.29, 0.717) is 19.4 Å². The number of aliphatic carboxylic acids is 1. The van der Waals surface area contributed by atoms with E-state index in [1.165, 1.54) is 0 Å². The van der Waals surface area contributed by atoms with E-state index >= 15 is 0 Å². The Kier molecular flexibility index (Phi) is 7.44. The largest absolute Gasteiger partial charge is 0.479 e. The smallest absolute Gasteiger partial charge is 0.334 e. The molecule has 2 atom stereocenters. The maximum Gasteiger partial charge on any atom is 0.334 e. The van der Waals surface area contributed by atoms with E-state index in [4.69, 9.17) is 20.7 Å². The Morgan fingerprint density at radius 1 is 1.50 bits per heavy atom.